The van der Waals surface area contributed by atoms with E-state index < -0.39 is 32.6 Å². The van der Waals surface area contributed by atoms with Gasteiger partial charge in [-0.3, -0.25) is 9.59 Å². The van der Waals surface area contributed by atoms with Crippen molar-refractivity contribution in [2.24, 2.45) is 11.8 Å². The molecule has 2 atom stereocenters. The lowest BCUT2D eigenvalue weighted by Gasteiger charge is -2.31. The first-order chi connectivity index (χ1) is 15.5. The van der Waals surface area contributed by atoms with Crippen LogP contribution in [0.4, 0.5) is 0 Å². The molecule has 2 unspecified atom stereocenters. The van der Waals surface area contributed by atoms with Crippen molar-refractivity contribution in [3.05, 3.63) is 96.1 Å². The summed E-state index contributed by atoms with van der Waals surface area (Å²) in [6.07, 6.45) is 14.3. The highest BCUT2D eigenvalue weighted by molar-refractivity contribution is 7.86. The summed E-state index contributed by atoms with van der Waals surface area (Å²) < 4.78 is 26.0. The molecule has 0 saturated carbocycles. The number of ketones is 2. The molecular formula is C26H16O4S2-2. The molecule has 0 spiro atoms. The number of allylic oxidation sites excluding steroid dienone is 8. The normalized spacial score (nSPS) is 23.8. The van der Waals surface area contributed by atoms with E-state index in [0.717, 1.165) is 11.1 Å². The molecule has 2 aliphatic carbocycles. The Balaban J connectivity index is 1.49. The van der Waals surface area contributed by atoms with Gasteiger partial charge in [0.1, 0.15) is 0 Å². The summed E-state index contributed by atoms with van der Waals surface area (Å²) in [5.41, 5.74) is 2.39. The van der Waals surface area contributed by atoms with Crippen LogP contribution >= 0.6 is 0 Å². The van der Waals surface area contributed by atoms with Crippen molar-refractivity contribution in [1.82, 2.24) is 0 Å². The van der Waals surface area contributed by atoms with Gasteiger partial charge in [0.05, 0.1) is 0 Å². The van der Waals surface area contributed by atoms with Gasteiger partial charge in [-0.2, -0.15) is 0 Å². The average molecular weight is 457 g/mol. The minimum Gasteiger partial charge on any atom is -0.457 e. The Bertz CT molecular complexity index is 1430. The van der Waals surface area contributed by atoms with Gasteiger partial charge in [-0.1, -0.05) is 72.9 Å². The zero-order valence-electron chi connectivity index (χ0n) is 16.7. The van der Waals surface area contributed by atoms with Crippen LogP contribution in [0.5, 0.6) is 0 Å². The van der Waals surface area contributed by atoms with Crippen molar-refractivity contribution in [2.45, 2.75) is 9.79 Å². The Labute approximate surface area is 188 Å². The Morgan fingerprint density at radius 2 is 1.03 bits per heavy atom. The van der Waals surface area contributed by atoms with Gasteiger partial charge in [0.2, 0.25) is 0 Å². The average Bonchev–Trinajstić information content (AvgIpc) is 2.85. The lowest BCUT2D eigenvalue weighted by molar-refractivity contribution is 0.0961. The molecule has 0 radical (unpaired) electrons. The highest BCUT2D eigenvalue weighted by atomic mass is 32.2. The van der Waals surface area contributed by atoms with Crippen LogP contribution in [-0.4, -0.2) is 21.3 Å². The van der Waals surface area contributed by atoms with E-state index in [1.807, 2.05) is 12.1 Å². The van der Waals surface area contributed by atoms with E-state index in [1.54, 1.807) is 72.9 Å². The molecule has 4 aliphatic rings. The number of Topliss-reactive ketones (excluding diaryl/α,β-unsaturated/α-hetero) is 2. The highest BCUT2D eigenvalue weighted by Crippen LogP contribution is 2.34. The van der Waals surface area contributed by atoms with Crippen molar-refractivity contribution in [3.8, 4) is 11.1 Å². The van der Waals surface area contributed by atoms with E-state index in [0.29, 0.717) is 30.6 Å². The van der Waals surface area contributed by atoms with E-state index >= 15 is 0 Å². The summed E-state index contributed by atoms with van der Waals surface area (Å²) in [6.45, 7) is 0. The van der Waals surface area contributed by atoms with Crippen molar-refractivity contribution in [2.75, 3.05) is 0 Å². The Hall–Kier alpha value is -3.22. The molecule has 2 aliphatic heterocycles. The summed E-state index contributed by atoms with van der Waals surface area (Å²) in [7, 11) is -2.78. The van der Waals surface area contributed by atoms with E-state index in [2.05, 4.69) is 0 Å². The molecule has 0 fully saturated rings. The van der Waals surface area contributed by atoms with Crippen LogP contribution in [0.15, 0.2) is 94.8 Å². The molecule has 0 aromatic heterocycles. The second-order valence-electron chi connectivity index (χ2n) is 7.94. The van der Waals surface area contributed by atoms with Gasteiger partial charge < -0.3 is 8.42 Å². The maximum Gasteiger partial charge on any atom is 0.170 e. The number of hydrogen-bond donors (Lipinski definition) is 0. The summed E-state index contributed by atoms with van der Waals surface area (Å²) in [6, 6.07) is 10.6. The number of rotatable bonds is 1. The fourth-order valence-corrected chi connectivity index (χ4v) is 7.40. The maximum atomic E-state index is 13.1. The molecule has 0 saturated heterocycles. The lowest BCUT2D eigenvalue weighted by atomic mass is 9.88. The molecule has 6 heteroatoms. The van der Waals surface area contributed by atoms with Crippen molar-refractivity contribution < 1.29 is 18.0 Å². The van der Waals surface area contributed by atoms with E-state index in [4.69, 9.17) is 0 Å². The number of hydrogen-bond acceptors (Lipinski definition) is 6. The highest BCUT2D eigenvalue weighted by Gasteiger charge is 2.27. The SMILES string of the molecule is O=C1c2cc(-c3ccc4c(c3)C(=O)C3C=CC=CC3=[S-]4=O)ccc2[S-](=O)=C2C=CC=CC12. The van der Waals surface area contributed by atoms with Gasteiger partial charge in [-0.25, -0.2) is 20.8 Å². The third kappa shape index (κ3) is 2.73. The fraction of sp³-hybridized carbons (Fsp3) is 0.0769. The largest absolute Gasteiger partial charge is 0.457 e. The molecule has 6 rings (SSSR count). The minimum atomic E-state index is -1.39. The van der Waals surface area contributed by atoms with Gasteiger partial charge in [-0.15, -0.1) is 19.5 Å². The molecule has 32 heavy (non-hydrogen) atoms. The molecule has 158 valence electrons. The summed E-state index contributed by atoms with van der Waals surface area (Å²) in [4.78, 5) is 28.5. The van der Waals surface area contributed by atoms with Crippen LogP contribution in [0.1, 0.15) is 20.7 Å². The summed E-state index contributed by atoms with van der Waals surface area (Å²) in [5.74, 6) is -1.16. The Morgan fingerprint density at radius 1 is 0.594 bits per heavy atom. The number of carbonyl (C=O) groups excluding carboxylic acids is 2. The lowest BCUT2D eigenvalue weighted by Crippen LogP contribution is -2.29. The molecule has 2 heterocycles. The first-order valence-corrected chi connectivity index (χ1v) is 12.5. The zero-order chi connectivity index (χ0) is 22.0. The fourth-order valence-electron chi connectivity index (χ4n) is 4.55. The van der Waals surface area contributed by atoms with Crippen LogP contribution in [0.2, 0.25) is 0 Å². The number of benzene rings is 2. The van der Waals surface area contributed by atoms with Crippen LogP contribution < -0.4 is 0 Å². The van der Waals surface area contributed by atoms with Crippen LogP contribution in [0.25, 0.3) is 11.1 Å². The topological polar surface area (TPSA) is 68.3 Å². The van der Waals surface area contributed by atoms with Gasteiger partial charge in [0.15, 0.2) is 11.6 Å². The smallest absolute Gasteiger partial charge is 0.170 e. The van der Waals surface area contributed by atoms with Crippen molar-refractivity contribution >= 4 is 42.1 Å². The predicted octanol–water partition coefficient (Wildman–Crippen LogP) is 4.22. The Morgan fingerprint density at radius 3 is 1.47 bits per heavy atom. The number of fused-ring (bicyclic) bond motifs is 4. The zero-order valence-corrected chi connectivity index (χ0v) is 18.3. The van der Waals surface area contributed by atoms with Crippen LogP contribution in [0, 0.1) is 11.8 Å². The van der Waals surface area contributed by atoms with Crippen molar-refractivity contribution in [3.63, 3.8) is 0 Å². The Kier molecular flexibility index (Phi) is 4.35. The standard InChI is InChI=1S/C26H16O4S2/c27-25-17-5-1-3-7-21(17)31(29)23-11-9-15(13-19(23)25)16-10-12-24-20(14-16)26(28)18-6-2-4-8-22(18)32(24)30/h1-14,17-18H/q-2. The molecule has 0 amide bonds. The quantitative estimate of drug-likeness (QED) is 0.476. The second kappa shape index (κ2) is 7.15. The maximum absolute atomic E-state index is 13.1. The molecule has 0 bridgehead atoms. The van der Waals surface area contributed by atoms with Gasteiger partial charge in [0, 0.05) is 23.0 Å². The van der Waals surface area contributed by atoms with Crippen molar-refractivity contribution in [1.29, 1.82) is 0 Å². The molecular weight excluding hydrogens is 440 g/mol. The van der Waals surface area contributed by atoms with Gasteiger partial charge in [0.25, 0.3) is 0 Å². The summed E-state index contributed by atoms with van der Waals surface area (Å²) in [5, 5.41) is 0. The summed E-state index contributed by atoms with van der Waals surface area (Å²) >= 11 is 0. The first-order valence-electron chi connectivity index (χ1n) is 10.2. The third-order valence-electron chi connectivity index (χ3n) is 6.18. The molecule has 0 N–H and O–H groups in total. The third-order valence-corrected chi connectivity index (χ3v) is 9.33. The van der Waals surface area contributed by atoms with E-state index in [9.17, 15) is 18.0 Å². The van der Waals surface area contributed by atoms with E-state index in [1.165, 1.54) is 0 Å². The monoisotopic (exact) mass is 456 g/mol. The van der Waals surface area contributed by atoms with Crippen LogP contribution in [-0.2, 0) is 29.2 Å². The first kappa shape index (κ1) is 19.5. The van der Waals surface area contributed by atoms with Gasteiger partial charge in [-0.05, 0) is 23.3 Å². The molecule has 4 nitrogen and oxygen atoms in total. The van der Waals surface area contributed by atoms with E-state index in [-0.39, 0.29) is 11.6 Å². The second-order valence-corrected chi connectivity index (χ2v) is 10.8. The van der Waals surface area contributed by atoms with Crippen LogP contribution in [0.3, 0.4) is 0 Å². The minimum absolute atomic E-state index is 0.0782. The number of carbonyl (C=O) groups is 2. The molecule has 2 aromatic carbocycles. The molecule has 2 aromatic rings. The van der Waals surface area contributed by atoms with Gasteiger partial charge >= 0.3 is 0 Å². The predicted molar refractivity (Wildman–Crippen MR) is 127 cm³/mol.